The van der Waals surface area contributed by atoms with Crippen molar-refractivity contribution in [3.05, 3.63) is 100 Å². The Hall–Kier alpha value is -4.15. The van der Waals surface area contributed by atoms with Crippen LogP contribution in [0.15, 0.2) is 72.8 Å². The van der Waals surface area contributed by atoms with Crippen LogP contribution in [-0.2, 0) is 14.4 Å². The minimum atomic E-state index is -0.376. The number of halogens is 2. The minimum absolute atomic E-state index is 0.0231. The van der Waals surface area contributed by atoms with Gasteiger partial charge in [-0.2, -0.15) is 5.10 Å². The van der Waals surface area contributed by atoms with Gasteiger partial charge in [0.15, 0.2) is 0 Å². The van der Waals surface area contributed by atoms with Crippen LogP contribution in [0, 0.1) is 12.7 Å². The lowest BCUT2D eigenvalue weighted by atomic mass is 9.99. The van der Waals surface area contributed by atoms with Gasteiger partial charge in [-0.1, -0.05) is 53.6 Å². The van der Waals surface area contributed by atoms with E-state index in [-0.39, 0.29) is 41.1 Å². The third-order valence-electron chi connectivity index (χ3n) is 8.03. The number of hydrogen-bond acceptors (Lipinski definition) is 5. The average Bonchev–Trinajstić information content (AvgIpc) is 3.34. The average molecular weight is 632 g/mol. The smallest absolute Gasteiger partial charge is 0.242 e. The van der Waals surface area contributed by atoms with Crippen LogP contribution in [0.1, 0.15) is 28.9 Å². The van der Waals surface area contributed by atoms with Gasteiger partial charge in [0.2, 0.25) is 17.7 Å². The van der Waals surface area contributed by atoms with Crippen LogP contribution in [0.5, 0.6) is 0 Å². The number of aromatic nitrogens is 2. The van der Waals surface area contributed by atoms with Crippen molar-refractivity contribution in [2.45, 2.75) is 19.1 Å². The number of aryl methyl sites for hydroxylation is 1. The fourth-order valence-electron chi connectivity index (χ4n) is 5.61. The molecule has 4 aromatic rings. The minimum Gasteiger partial charge on any atom is -0.339 e. The van der Waals surface area contributed by atoms with Gasteiger partial charge in [0.1, 0.15) is 18.2 Å². The number of benzene rings is 3. The van der Waals surface area contributed by atoms with E-state index in [0.717, 1.165) is 27.9 Å². The standard InChI is InChI=1S/C33H31ClFN5O3S/c1-21-3-13-27(14-4-21)40-33-30(31(36-40)23-5-9-25(34)10-6-23)32(24-7-11-26(35)12-8-24)44-20-29(43)39(33)19-28(42)38-17-15-37(16-18-38)22(2)41/h3-14,32H,15-20H2,1-2H3/t32-/m1/s1. The topological polar surface area (TPSA) is 78.8 Å². The zero-order valence-electron chi connectivity index (χ0n) is 24.4. The highest BCUT2D eigenvalue weighted by Gasteiger charge is 2.38. The quantitative estimate of drug-likeness (QED) is 0.291. The lowest BCUT2D eigenvalue weighted by Crippen LogP contribution is -2.53. The number of anilines is 1. The number of carbonyl (C=O) groups is 3. The van der Waals surface area contributed by atoms with Crippen LogP contribution < -0.4 is 4.90 Å². The summed E-state index contributed by atoms with van der Waals surface area (Å²) in [5.74, 6) is -0.205. The molecule has 1 fully saturated rings. The van der Waals surface area contributed by atoms with E-state index >= 15 is 0 Å². The van der Waals surface area contributed by atoms with Crippen molar-refractivity contribution in [3.63, 3.8) is 0 Å². The van der Waals surface area contributed by atoms with Crippen LogP contribution in [0.25, 0.3) is 16.9 Å². The maximum Gasteiger partial charge on any atom is 0.242 e. The molecule has 3 aromatic carbocycles. The van der Waals surface area contributed by atoms with Crippen molar-refractivity contribution in [3.8, 4) is 16.9 Å². The summed E-state index contributed by atoms with van der Waals surface area (Å²) in [6, 6.07) is 21.4. The number of amides is 3. The zero-order valence-corrected chi connectivity index (χ0v) is 25.9. The van der Waals surface area contributed by atoms with Crippen molar-refractivity contribution >= 4 is 46.9 Å². The van der Waals surface area contributed by atoms with Crippen molar-refractivity contribution in [1.29, 1.82) is 0 Å². The van der Waals surface area contributed by atoms with Crippen molar-refractivity contribution < 1.29 is 18.8 Å². The van der Waals surface area contributed by atoms with E-state index in [4.69, 9.17) is 16.7 Å². The fraction of sp³-hybridized carbons (Fsp3) is 0.273. The summed E-state index contributed by atoms with van der Waals surface area (Å²) in [5.41, 5.74) is 4.81. The Morgan fingerprint density at radius 1 is 0.932 bits per heavy atom. The summed E-state index contributed by atoms with van der Waals surface area (Å²) in [6.45, 7) is 5.03. The van der Waals surface area contributed by atoms with Gasteiger partial charge in [-0.15, -0.1) is 11.8 Å². The first-order valence-corrected chi connectivity index (χ1v) is 15.8. The zero-order chi connectivity index (χ0) is 31.0. The second-order valence-electron chi connectivity index (χ2n) is 10.9. The Bertz CT molecular complexity index is 1700. The van der Waals surface area contributed by atoms with E-state index in [2.05, 4.69) is 0 Å². The molecule has 3 heterocycles. The highest BCUT2D eigenvalue weighted by molar-refractivity contribution is 8.00. The Morgan fingerprint density at radius 2 is 1.57 bits per heavy atom. The summed E-state index contributed by atoms with van der Waals surface area (Å²) in [4.78, 5) is 44.5. The van der Waals surface area contributed by atoms with Crippen LogP contribution in [0.4, 0.5) is 10.2 Å². The molecule has 1 aromatic heterocycles. The van der Waals surface area contributed by atoms with Gasteiger partial charge in [-0.3, -0.25) is 19.3 Å². The molecule has 44 heavy (non-hydrogen) atoms. The normalized spacial score (nSPS) is 17.0. The van der Waals surface area contributed by atoms with E-state index in [1.807, 2.05) is 43.3 Å². The monoisotopic (exact) mass is 631 g/mol. The predicted octanol–water partition coefficient (Wildman–Crippen LogP) is 5.50. The molecule has 0 radical (unpaired) electrons. The molecule has 0 spiro atoms. The second-order valence-corrected chi connectivity index (χ2v) is 12.5. The first-order valence-electron chi connectivity index (χ1n) is 14.4. The molecule has 0 saturated carbocycles. The SMILES string of the molecule is CC(=O)N1CCN(C(=O)CN2C(=O)CS[C@H](c3ccc(F)cc3)c3c(-c4ccc(Cl)cc4)nn(-c4ccc(C)cc4)c32)CC1. The molecule has 3 amide bonds. The lowest BCUT2D eigenvalue weighted by molar-refractivity contribution is -0.137. The van der Waals surface area contributed by atoms with Crippen molar-refractivity contribution in [2.24, 2.45) is 0 Å². The molecule has 6 rings (SSSR count). The number of fused-ring (bicyclic) bond motifs is 1. The molecule has 0 N–H and O–H groups in total. The van der Waals surface area contributed by atoms with E-state index in [1.165, 1.54) is 35.7 Å². The van der Waals surface area contributed by atoms with Gasteiger partial charge < -0.3 is 9.80 Å². The van der Waals surface area contributed by atoms with Crippen LogP contribution in [-0.4, -0.2) is 75.8 Å². The number of carbonyl (C=O) groups excluding carboxylic acids is 3. The van der Waals surface area contributed by atoms with Gasteiger partial charge in [-0.25, -0.2) is 9.07 Å². The molecular formula is C33H31ClFN5O3S. The largest absolute Gasteiger partial charge is 0.339 e. The Balaban J connectivity index is 1.51. The van der Waals surface area contributed by atoms with E-state index in [1.54, 1.807) is 38.7 Å². The molecular weight excluding hydrogens is 601 g/mol. The maximum absolute atomic E-state index is 14.0. The van der Waals surface area contributed by atoms with Gasteiger partial charge in [-0.05, 0) is 48.9 Å². The van der Waals surface area contributed by atoms with Crippen LogP contribution in [0.3, 0.4) is 0 Å². The molecule has 11 heteroatoms. The van der Waals surface area contributed by atoms with Crippen LogP contribution in [0.2, 0.25) is 5.02 Å². The molecule has 0 unspecified atom stereocenters. The molecule has 1 saturated heterocycles. The highest BCUT2D eigenvalue weighted by atomic mass is 35.5. The lowest BCUT2D eigenvalue weighted by Gasteiger charge is -2.35. The maximum atomic E-state index is 14.0. The molecule has 0 bridgehead atoms. The van der Waals surface area contributed by atoms with E-state index in [9.17, 15) is 18.8 Å². The Kier molecular flexibility index (Phi) is 8.46. The molecule has 8 nitrogen and oxygen atoms in total. The fourth-order valence-corrected chi connectivity index (χ4v) is 6.94. The highest BCUT2D eigenvalue weighted by Crippen LogP contribution is 2.48. The van der Waals surface area contributed by atoms with Gasteiger partial charge >= 0.3 is 0 Å². The third kappa shape index (κ3) is 5.96. The van der Waals surface area contributed by atoms with Gasteiger partial charge in [0, 0.05) is 49.3 Å². The Morgan fingerprint density at radius 3 is 2.20 bits per heavy atom. The summed E-state index contributed by atoms with van der Waals surface area (Å²) >= 11 is 7.67. The second kappa shape index (κ2) is 12.5. The number of thioether (sulfide) groups is 1. The summed E-state index contributed by atoms with van der Waals surface area (Å²) in [5, 5.41) is 5.29. The van der Waals surface area contributed by atoms with E-state index in [0.29, 0.717) is 42.7 Å². The van der Waals surface area contributed by atoms with Crippen LogP contribution >= 0.6 is 23.4 Å². The number of nitrogens with zero attached hydrogens (tertiary/aromatic N) is 5. The summed E-state index contributed by atoms with van der Waals surface area (Å²) in [7, 11) is 0. The first kappa shape index (κ1) is 29.9. The predicted molar refractivity (Wildman–Crippen MR) is 171 cm³/mol. The first-order chi connectivity index (χ1) is 21.2. The molecule has 226 valence electrons. The van der Waals surface area contributed by atoms with Gasteiger partial charge in [0.05, 0.1) is 22.4 Å². The number of rotatable bonds is 5. The van der Waals surface area contributed by atoms with Crippen molar-refractivity contribution in [1.82, 2.24) is 19.6 Å². The number of piperazine rings is 1. The number of hydrogen-bond donors (Lipinski definition) is 0. The molecule has 2 aliphatic rings. The Labute approximate surface area is 264 Å². The molecule has 0 aliphatic carbocycles. The molecule has 2 aliphatic heterocycles. The molecule has 1 atom stereocenters. The summed E-state index contributed by atoms with van der Waals surface area (Å²) in [6.07, 6.45) is 0. The third-order valence-corrected chi connectivity index (χ3v) is 9.54. The van der Waals surface area contributed by atoms with Gasteiger partial charge in [0.25, 0.3) is 0 Å². The summed E-state index contributed by atoms with van der Waals surface area (Å²) < 4.78 is 15.8. The van der Waals surface area contributed by atoms with E-state index < -0.39 is 0 Å². The van der Waals surface area contributed by atoms with Crippen molar-refractivity contribution in [2.75, 3.05) is 43.4 Å².